The molecular weight excluding hydrogens is 138 g/mol. The minimum atomic E-state index is 0.906. The summed E-state index contributed by atoms with van der Waals surface area (Å²) in [6.07, 6.45) is 6.87. The number of allylic oxidation sites excluding steroid dienone is 3. The average Bonchev–Trinajstić information content (AvgIpc) is 2.34. The quantitative estimate of drug-likeness (QED) is 0.555. The fourth-order valence-electron chi connectivity index (χ4n) is 1.20. The molecule has 0 aromatic carbocycles. The summed E-state index contributed by atoms with van der Waals surface area (Å²) in [6, 6.07) is 0. The lowest BCUT2D eigenvalue weighted by Crippen LogP contribution is -2.01. The molecule has 1 rings (SSSR count). The van der Waals surface area contributed by atoms with E-state index >= 15 is 0 Å². The van der Waals surface area contributed by atoms with E-state index in [4.69, 9.17) is 0 Å². The van der Waals surface area contributed by atoms with Gasteiger partial charge in [-0.15, -0.1) is 0 Å². The lowest BCUT2D eigenvalue weighted by molar-refractivity contribution is -0.105. The van der Waals surface area contributed by atoms with E-state index in [-0.39, 0.29) is 0 Å². The van der Waals surface area contributed by atoms with E-state index in [9.17, 15) is 4.79 Å². The van der Waals surface area contributed by atoms with Crippen LogP contribution in [0.4, 0.5) is 0 Å². The summed E-state index contributed by atoms with van der Waals surface area (Å²) in [5.74, 6) is 0. The van der Waals surface area contributed by atoms with Gasteiger partial charge in [-0.25, -0.2) is 0 Å². The monoisotopic (exact) mass is 151 g/mol. The molecule has 0 amide bonds. The standard InChI is InChI=1S/C9H13NO/c1-10(2)6-8-3-4-9(5-8)7-11/h5-7H,3-4H2,1-2H3/b8-6+. The van der Waals surface area contributed by atoms with E-state index < -0.39 is 0 Å². The first-order chi connectivity index (χ1) is 5.22. The minimum absolute atomic E-state index is 0.906. The van der Waals surface area contributed by atoms with E-state index in [0.717, 1.165) is 24.7 Å². The van der Waals surface area contributed by atoms with Crippen LogP contribution in [0.25, 0.3) is 0 Å². The highest BCUT2D eigenvalue weighted by atomic mass is 16.1. The third-order valence-electron chi connectivity index (χ3n) is 1.65. The van der Waals surface area contributed by atoms with E-state index in [1.165, 1.54) is 5.57 Å². The van der Waals surface area contributed by atoms with Crippen LogP contribution in [-0.2, 0) is 4.79 Å². The van der Waals surface area contributed by atoms with E-state index in [1.54, 1.807) is 0 Å². The highest BCUT2D eigenvalue weighted by Gasteiger charge is 2.07. The highest BCUT2D eigenvalue weighted by molar-refractivity contribution is 5.75. The molecule has 0 radical (unpaired) electrons. The number of carbonyl (C=O) groups excluding carboxylic acids is 1. The first-order valence-electron chi connectivity index (χ1n) is 3.75. The van der Waals surface area contributed by atoms with Crippen LogP contribution < -0.4 is 0 Å². The summed E-state index contributed by atoms with van der Waals surface area (Å²) in [4.78, 5) is 12.3. The van der Waals surface area contributed by atoms with E-state index in [1.807, 2.05) is 25.1 Å². The average molecular weight is 151 g/mol. The van der Waals surface area contributed by atoms with Crippen LogP contribution in [-0.4, -0.2) is 25.3 Å². The SMILES string of the molecule is CN(C)/C=C1/C=C(C=O)CC1. The maximum atomic E-state index is 10.3. The first kappa shape index (κ1) is 8.05. The maximum Gasteiger partial charge on any atom is 0.146 e. The van der Waals surface area contributed by atoms with Gasteiger partial charge in [0, 0.05) is 20.3 Å². The second kappa shape index (κ2) is 3.37. The van der Waals surface area contributed by atoms with Crippen LogP contribution in [0.3, 0.4) is 0 Å². The Hall–Kier alpha value is -1.05. The number of rotatable bonds is 2. The molecule has 0 saturated carbocycles. The van der Waals surface area contributed by atoms with Gasteiger partial charge >= 0.3 is 0 Å². The van der Waals surface area contributed by atoms with Crippen molar-refractivity contribution in [2.45, 2.75) is 12.8 Å². The maximum absolute atomic E-state index is 10.3. The van der Waals surface area contributed by atoms with Crippen molar-refractivity contribution in [2.24, 2.45) is 0 Å². The molecule has 1 aliphatic carbocycles. The van der Waals surface area contributed by atoms with Gasteiger partial charge in [0.2, 0.25) is 0 Å². The van der Waals surface area contributed by atoms with Crippen LogP contribution in [0.2, 0.25) is 0 Å². The lowest BCUT2D eigenvalue weighted by Gasteiger charge is -2.04. The molecule has 2 nitrogen and oxygen atoms in total. The zero-order valence-electron chi connectivity index (χ0n) is 7.00. The van der Waals surface area contributed by atoms with Crippen molar-refractivity contribution in [3.63, 3.8) is 0 Å². The van der Waals surface area contributed by atoms with Crippen LogP contribution in [0, 0.1) is 0 Å². The zero-order valence-corrected chi connectivity index (χ0v) is 7.00. The Morgan fingerprint density at radius 2 is 2.18 bits per heavy atom. The summed E-state index contributed by atoms with van der Waals surface area (Å²) in [7, 11) is 3.97. The molecule has 60 valence electrons. The summed E-state index contributed by atoms with van der Waals surface area (Å²) in [6.45, 7) is 0. The zero-order chi connectivity index (χ0) is 8.27. The van der Waals surface area contributed by atoms with Crippen LogP contribution in [0.15, 0.2) is 23.4 Å². The van der Waals surface area contributed by atoms with Crippen molar-refractivity contribution in [2.75, 3.05) is 14.1 Å². The van der Waals surface area contributed by atoms with Gasteiger partial charge in [0.15, 0.2) is 0 Å². The number of aldehydes is 1. The number of hydrogen-bond acceptors (Lipinski definition) is 2. The Balaban J connectivity index is 2.65. The molecule has 0 spiro atoms. The van der Waals surface area contributed by atoms with Crippen molar-refractivity contribution >= 4 is 6.29 Å². The normalized spacial score (nSPS) is 20.2. The summed E-state index contributed by atoms with van der Waals surface area (Å²) >= 11 is 0. The second-order valence-electron chi connectivity index (χ2n) is 3.00. The highest BCUT2D eigenvalue weighted by Crippen LogP contribution is 2.21. The van der Waals surface area contributed by atoms with Crippen molar-refractivity contribution in [1.29, 1.82) is 0 Å². The smallest absolute Gasteiger partial charge is 0.146 e. The van der Waals surface area contributed by atoms with Gasteiger partial charge in [-0.3, -0.25) is 4.79 Å². The number of carbonyl (C=O) groups is 1. The van der Waals surface area contributed by atoms with Crippen LogP contribution in [0.1, 0.15) is 12.8 Å². The Morgan fingerprint density at radius 3 is 2.64 bits per heavy atom. The predicted octanol–water partition coefficient (Wildman–Crippen LogP) is 1.35. The van der Waals surface area contributed by atoms with Crippen molar-refractivity contribution in [1.82, 2.24) is 4.90 Å². The molecule has 0 aromatic rings. The lowest BCUT2D eigenvalue weighted by atomic mass is 10.2. The fourth-order valence-corrected chi connectivity index (χ4v) is 1.20. The number of nitrogens with zero attached hydrogens (tertiary/aromatic N) is 1. The molecule has 0 atom stereocenters. The summed E-state index contributed by atoms with van der Waals surface area (Å²) in [5.41, 5.74) is 2.16. The molecule has 11 heavy (non-hydrogen) atoms. The Kier molecular flexibility index (Phi) is 2.47. The molecule has 0 saturated heterocycles. The van der Waals surface area contributed by atoms with Gasteiger partial charge in [0.25, 0.3) is 0 Å². The van der Waals surface area contributed by atoms with Crippen LogP contribution in [0.5, 0.6) is 0 Å². The molecule has 0 N–H and O–H groups in total. The molecule has 0 bridgehead atoms. The summed E-state index contributed by atoms with van der Waals surface area (Å²) < 4.78 is 0. The molecule has 0 aromatic heterocycles. The molecule has 0 aliphatic heterocycles. The van der Waals surface area contributed by atoms with Gasteiger partial charge in [-0.1, -0.05) is 6.08 Å². The third kappa shape index (κ3) is 2.22. The van der Waals surface area contributed by atoms with Gasteiger partial charge in [-0.05, 0) is 24.0 Å². The molecule has 0 fully saturated rings. The minimum Gasteiger partial charge on any atom is -0.383 e. The molecule has 1 aliphatic rings. The molecule has 0 heterocycles. The summed E-state index contributed by atoms with van der Waals surface area (Å²) in [5, 5.41) is 0. The Morgan fingerprint density at radius 1 is 1.45 bits per heavy atom. The van der Waals surface area contributed by atoms with Crippen LogP contribution >= 0.6 is 0 Å². The molecular formula is C9H13NO. The van der Waals surface area contributed by atoms with Gasteiger partial charge in [-0.2, -0.15) is 0 Å². The Bertz CT molecular complexity index is 214. The van der Waals surface area contributed by atoms with Crippen molar-refractivity contribution in [3.05, 3.63) is 23.4 Å². The fraction of sp³-hybridized carbons (Fsp3) is 0.444. The number of hydrogen-bond donors (Lipinski definition) is 0. The predicted molar refractivity (Wildman–Crippen MR) is 45.2 cm³/mol. The topological polar surface area (TPSA) is 20.3 Å². The largest absolute Gasteiger partial charge is 0.383 e. The van der Waals surface area contributed by atoms with E-state index in [2.05, 4.69) is 6.20 Å². The van der Waals surface area contributed by atoms with Gasteiger partial charge < -0.3 is 4.90 Å². The third-order valence-corrected chi connectivity index (χ3v) is 1.65. The second-order valence-corrected chi connectivity index (χ2v) is 3.00. The first-order valence-corrected chi connectivity index (χ1v) is 3.75. The van der Waals surface area contributed by atoms with Gasteiger partial charge in [0.1, 0.15) is 6.29 Å². The van der Waals surface area contributed by atoms with Crippen molar-refractivity contribution in [3.8, 4) is 0 Å². The van der Waals surface area contributed by atoms with E-state index in [0.29, 0.717) is 0 Å². The van der Waals surface area contributed by atoms with Gasteiger partial charge in [0.05, 0.1) is 0 Å². The van der Waals surface area contributed by atoms with Crippen molar-refractivity contribution < 1.29 is 4.79 Å². The molecule has 0 unspecified atom stereocenters. The Labute approximate surface area is 67.2 Å². The molecule has 2 heteroatoms.